The number of rotatable bonds is 5. The van der Waals surface area contributed by atoms with Gasteiger partial charge >= 0.3 is 0 Å². The van der Waals surface area contributed by atoms with Crippen molar-refractivity contribution in [2.75, 3.05) is 13.2 Å². The zero-order valence-electron chi connectivity index (χ0n) is 14.1. The standard InChI is InChI=1S/C18H35NO/c1-5-10-19-17-9-8-15(18(2,3)4)12-14(17)13-16-7-6-11-20-16/h14-17,19H,5-13H2,1-4H3. The van der Waals surface area contributed by atoms with Crippen LogP contribution in [0.5, 0.6) is 0 Å². The van der Waals surface area contributed by atoms with Crippen LogP contribution in [0.25, 0.3) is 0 Å². The van der Waals surface area contributed by atoms with Crippen molar-refractivity contribution >= 4 is 0 Å². The Balaban J connectivity index is 1.94. The van der Waals surface area contributed by atoms with Crippen LogP contribution in [0.15, 0.2) is 0 Å². The van der Waals surface area contributed by atoms with Crippen LogP contribution in [0.2, 0.25) is 0 Å². The first-order chi connectivity index (χ1) is 9.50. The molecule has 2 nitrogen and oxygen atoms in total. The van der Waals surface area contributed by atoms with Crippen molar-refractivity contribution in [3.8, 4) is 0 Å². The van der Waals surface area contributed by atoms with E-state index in [0.717, 1.165) is 24.5 Å². The zero-order valence-corrected chi connectivity index (χ0v) is 14.1. The van der Waals surface area contributed by atoms with Gasteiger partial charge in [0.05, 0.1) is 6.10 Å². The second-order valence-corrected chi connectivity index (χ2v) is 8.07. The second kappa shape index (κ2) is 7.26. The highest BCUT2D eigenvalue weighted by Gasteiger charge is 2.37. The van der Waals surface area contributed by atoms with Crippen LogP contribution in [0, 0.1) is 17.3 Å². The molecule has 0 aromatic carbocycles. The molecule has 0 bridgehead atoms. The first-order valence-electron chi connectivity index (χ1n) is 8.85. The molecule has 1 saturated carbocycles. The second-order valence-electron chi connectivity index (χ2n) is 8.07. The Morgan fingerprint density at radius 3 is 2.55 bits per heavy atom. The number of nitrogens with one attached hydrogen (secondary N) is 1. The summed E-state index contributed by atoms with van der Waals surface area (Å²) in [6.07, 6.45) is 9.78. The molecule has 0 radical (unpaired) electrons. The van der Waals surface area contributed by atoms with Crippen molar-refractivity contribution in [1.82, 2.24) is 5.32 Å². The van der Waals surface area contributed by atoms with Gasteiger partial charge in [0.25, 0.3) is 0 Å². The van der Waals surface area contributed by atoms with E-state index in [1.54, 1.807) is 0 Å². The molecular weight excluding hydrogens is 246 g/mol. The summed E-state index contributed by atoms with van der Waals surface area (Å²) < 4.78 is 5.90. The minimum Gasteiger partial charge on any atom is -0.378 e. The Morgan fingerprint density at radius 1 is 1.15 bits per heavy atom. The predicted molar refractivity (Wildman–Crippen MR) is 86.0 cm³/mol. The van der Waals surface area contributed by atoms with Gasteiger partial charge in [-0.2, -0.15) is 0 Å². The van der Waals surface area contributed by atoms with Crippen LogP contribution in [0.3, 0.4) is 0 Å². The molecule has 0 amide bonds. The maximum Gasteiger partial charge on any atom is 0.0579 e. The Labute approximate surface area is 126 Å². The summed E-state index contributed by atoms with van der Waals surface area (Å²) in [5, 5.41) is 3.81. The maximum absolute atomic E-state index is 5.90. The third-order valence-electron chi connectivity index (χ3n) is 5.45. The van der Waals surface area contributed by atoms with Gasteiger partial charge in [-0.3, -0.25) is 0 Å². The summed E-state index contributed by atoms with van der Waals surface area (Å²) >= 11 is 0. The van der Waals surface area contributed by atoms with E-state index in [4.69, 9.17) is 4.74 Å². The van der Waals surface area contributed by atoms with Crippen molar-refractivity contribution in [2.24, 2.45) is 17.3 Å². The van der Waals surface area contributed by atoms with Crippen LogP contribution < -0.4 is 5.32 Å². The van der Waals surface area contributed by atoms with E-state index in [1.165, 1.54) is 51.5 Å². The van der Waals surface area contributed by atoms with E-state index in [-0.39, 0.29) is 0 Å². The van der Waals surface area contributed by atoms with E-state index >= 15 is 0 Å². The average molecular weight is 281 g/mol. The number of hydrogen-bond acceptors (Lipinski definition) is 2. The molecule has 4 unspecified atom stereocenters. The van der Waals surface area contributed by atoms with Crippen molar-refractivity contribution in [2.45, 2.75) is 84.8 Å². The van der Waals surface area contributed by atoms with Crippen LogP contribution in [0.1, 0.15) is 72.6 Å². The minimum absolute atomic E-state index is 0.463. The molecule has 20 heavy (non-hydrogen) atoms. The molecule has 2 fully saturated rings. The molecule has 4 atom stereocenters. The average Bonchev–Trinajstić information content (AvgIpc) is 2.89. The lowest BCUT2D eigenvalue weighted by molar-refractivity contribution is 0.0500. The van der Waals surface area contributed by atoms with E-state index < -0.39 is 0 Å². The molecule has 0 aromatic heterocycles. The summed E-state index contributed by atoms with van der Waals surface area (Å²) in [4.78, 5) is 0. The SMILES string of the molecule is CCCNC1CCC(C(C)(C)C)CC1CC1CCCO1. The molecule has 1 N–H and O–H groups in total. The van der Waals surface area contributed by atoms with Crippen LogP contribution in [-0.4, -0.2) is 25.3 Å². The van der Waals surface area contributed by atoms with Gasteiger partial charge in [0.1, 0.15) is 0 Å². The van der Waals surface area contributed by atoms with Gasteiger partial charge < -0.3 is 10.1 Å². The van der Waals surface area contributed by atoms with Crippen molar-refractivity contribution < 1.29 is 4.74 Å². The summed E-state index contributed by atoms with van der Waals surface area (Å²) in [7, 11) is 0. The Bertz CT molecular complexity index is 278. The van der Waals surface area contributed by atoms with Crippen molar-refractivity contribution in [3.05, 3.63) is 0 Å². The van der Waals surface area contributed by atoms with E-state index in [0.29, 0.717) is 11.5 Å². The third-order valence-corrected chi connectivity index (χ3v) is 5.45. The lowest BCUT2D eigenvalue weighted by Gasteiger charge is -2.43. The van der Waals surface area contributed by atoms with Crippen LogP contribution in [0.4, 0.5) is 0 Å². The molecule has 2 aliphatic rings. The molecule has 2 rings (SSSR count). The largest absolute Gasteiger partial charge is 0.378 e. The van der Waals surface area contributed by atoms with Crippen LogP contribution >= 0.6 is 0 Å². The summed E-state index contributed by atoms with van der Waals surface area (Å²) in [5.74, 6) is 1.70. The predicted octanol–water partition coefficient (Wildman–Crippen LogP) is 4.39. The molecule has 2 heteroatoms. The number of ether oxygens (including phenoxy) is 1. The zero-order chi connectivity index (χ0) is 14.6. The highest BCUT2D eigenvalue weighted by Crippen LogP contribution is 2.42. The fourth-order valence-corrected chi connectivity index (χ4v) is 4.08. The third kappa shape index (κ3) is 4.46. The first kappa shape index (κ1) is 16.3. The van der Waals surface area contributed by atoms with E-state index in [2.05, 4.69) is 33.0 Å². The monoisotopic (exact) mass is 281 g/mol. The van der Waals surface area contributed by atoms with Crippen LogP contribution in [-0.2, 0) is 4.74 Å². The van der Waals surface area contributed by atoms with E-state index in [1.807, 2.05) is 0 Å². The van der Waals surface area contributed by atoms with Crippen molar-refractivity contribution in [3.63, 3.8) is 0 Å². The van der Waals surface area contributed by atoms with Gasteiger partial charge in [-0.05, 0) is 68.7 Å². The Morgan fingerprint density at radius 2 is 1.95 bits per heavy atom. The normalized spacial score (nSPS) is 35.4. The van der Waals surface area contributed by atoms with Gasteiger partial charge in [0.15, 0.2) is 0 Å². The quantitative estimate of drug-likeness (QED) is 0.807. The maximum atomic E-state index is 5.90. The van der Waals surface area contributed by atoms with Gasteiger partial charge in [0, 0.05) is 12.6 Å². The molecule has 0 spiro atoms. The van der Waals surface area contributed by atoms with Crippen molar-refractivity contribution in [1.29, 1.82) is 0 Å². The highest BCUT2D eigenvalue weighted by atomic mass is 16.5. The topological polar surface area (TPSA) is 21.3 Å². The molecule has 1 aliphatic heterocycles. The van der Waals surface area contributed by atoms with Gasteiger partial charge in [-0.15, -0.1) is 0 Å². The first-order valence-corrected chi connectivity index (χ1v) is 8.85. The summed E-state index contributed by atoms with van der Waals surface area (Å²) in [6.45, 7) is 11.7. The number of hydrogen-bond donors (Lipinski definition) is 1. The molecule has 1 saturated heterocycles. The molecule has 1 heterocycles. The Hall–Kier alpha value is -0.0800. The molecule has 1 aliphatic carbocycles. The lowest BCUT2D eigenvalue weighted by atomic mass is 9.66. The lowest BCUT2D eigenvalue weighted by Crippen LogP contribution is -2.44. The Kier molecular flexibility index (Phi) is 5.92. The fraction of sp³-hybridized carbons (Fsp3) is 1.00. The smallest absolute Gasteiger partial charge is 0.0579 e. The van der Waals surface area contributed by atoms with Gasteiger partial charge in [0.2, 0.25) is 0 Å². The summed E-state index contributed by atoms with van der Waals surface area (Å²) in [6, 6.07) is 0.734. The van der Waals surface area contributed by atoms with E-state index in [9.17, 15) is 0 Å². The van der Waals surface area contributed by atoms with Gasteiger partial charge in [-0.1, -0.05) is 27.7 Å². The minimum atomic E-state index is 0.463. The molecule has 118 valence electrons. The molecular formula is C18H35NO. The highest BCUT2D eigenvalue weighted by molar-refractivity contribution is 4.90. The summed E-state index contributed by atoms with van der Waals surface area (Å²) in [5.41, 5.74) is 0.463. The van der Waals surface area contributed by atoms with Gasteiger partial charge in [-0.25, -0.2) is 0 Å². The fourth-order valence-electron chi connectivity index (χ4n) is 4.08. The molecule has 0 aromatic rings.